The van der Waals surface area contributed by atoms with Gasteiger partial charge in [0, 0.05) is 30.6 Å². The molecule has 2 aromatic heterocycles. The Balaban J connectivity index is 2.07. The van der Waals surface area contributed by atoms with Crippen LogP contribution in [0.15, 0.2) is 27.0 Å². The van der Waals surface area contributed by atoms with E-state index in [9.17, 15) is 4.79 Å². The standard InChI is InChI=1S/C14H19BrN4OS/c1-9(2)8-19-14(20)12(15)11(7-18-19)17-6-10(3)13-16-4-5-21-13/h4-5,7,9-10,17H,6,8H2,1-3H3. The first-order valence-electron chi connectivity index (χ1n) is 6.88. The van der Waals surface area contributed by atoms with Crippen LogP contribution in [0.3, 0.4) is 0 Å². The molecule has 2 heterocycles. The topological polar surface area (TPSA) is 59.8 Å². The van der Waals surface area contributed by atoms with Gasteiger partial charge in [-0.05, 0) is 21.8 Å². The van der Waals surface area contributed by atoms with Crippen molar-refractivity contribution in [2.24, 2.45) is 5.92 Å². The van der Waals surface area contributed by atoms with Crippen LogP contribution < -0.4 is 10.9 Å². The zero-order chi connectivity index (χ0) is 15.4. The SMILES string of the molecule is CC(C)Cn1ncc(NCC(C)c2nccs2)c(Br)c1=O. The van der Waals surface area contributed by atoms with Crippen molar-refractivity contribution >= 4 is 33.0 Å². The molecule has 0 saturated carbocycles. The number of rotatable bonds is 6. The Morgan fingerprint density at radius 1 is 1.43 bits per heavy atom. The summed E-state index contributed by atoms with van der Waals surface area (Å²) < 4.78 is 2.02. The van der Waals surface area contributed by atoms with Crippen molar-refractivity contribution in [2.45, 2.75) is 33.2 Å². The lowest BCUT2D eigenvalue weighted by molar-refractivity contribution is 0.462. The summed E-state index contributed by atoms with van der Waals surface area (Å²) in [6.07, 6.45) is 3.50. The van der Waals surface area contributed by atoms with Crippen molar-refractivity contribution in [1.82, 2.24) is 14.8 Å². The smallest absolute Gasteiger partial charge is 0.283 e. The highest BCUT2D eigenvalue weighted by atomic mass is 79.9. The molecule has 0 aliphatic carbocycles. The van der Waals surface area contributed by atoms with Crippen molar-refractivity contribution in [3.05, 3.63) is 37.6 Å². The summed E-state index contributed by atoms with van der Waals surface area (Å²) in [5.41, 5.74) is 0.624. The molecule has 0 aromatic carbocycles. The Labute approximate surface area is 136 Å². The fourth-order valence-electron chi connectivity index (χ4n) is 1.89. The van der Waals surface area contributed by atoms with Gasteiger partial charge in [0.2, 0.25) is 0 Å². The fraction of sp³-hybridized carbons (Fsp3) is 0.500. The number of hydrogen-bond acceptors (Lipinski definition) is 5. The van der Waals surface area contributed by atoms with Crippen molar-refractivity contribution < 1.29 is 0 Å². The second kappa shape index (κ2) is 7.17. The molecule has 1 N–H and O–H groups in total. The van der Waals surface area contributed by atoms with E-state index < -0.39 is 0 Å². The van der Waals surface area contributed by atoms with E-state index in [0.29, 0.717) is 23.5 Å². The zero-order valence-corrected chi connectivity index (χ0v) is 14.7. The van der Waals surface area contributed by atoms with Crippen LogP contribution in [0.25, 0.3) is 0 Å². The minimum absolute atomic E-state index is 0.101. The molecule has 0 amide bonds. The van der Waals surface area contributed by atoms with Crippen LogP contribution in [-0.4, -0.2) is 21.3 Å². The van der Waals surface area contributed by atoms with E-state index in [-0.39, 0.29) is 11.5 Å². The number of hydrogen-bond donors (Lipinski definition) is 1. The molecule has 0 saturated heterocycles. The normalized spacial score (nSPS) is 12.6. The Bertz CT molecular complexity index is 639. The maximum absolute atomic E-state index is 12.2. The number of halogens is 1. The second-order valence-electron chi connectivity index (χ2n) is 5.41. The summed E-state index contributed by atoms with van der Waals surface area (Å²) in [5, 5.41) is 10.5. The maximum Gasteiger partial charge on any atom is 0.283 e. The number of nitrogens with one attached hydrogen (secondary N) is 1. The summed E-state index contributed by atoms with van der Waals surface area (Å²) >= 11 is 5.01. The monoisotopic (exact) mass is 370 g/mol. The third-order valence-electron chi connectivity index (χ3n) is 2.99. The van der Waals surface area contributed by atoms with E-state index >= 15 is 0 Å². The van der Waals surface area contributed by atoms with Crippen molar-refractivity contribution in [3.63, 3.8) is 0 Å². The average molecular weight is 371 g/mol. The summed E-state index contributed by atoms with van der Waals surface area (Å²) in [6, 6.07) is 0. The third kappa shape index (κ3) is 4.14. The molecule has 0 fully saturated rings. The van der Waals surface area contributed by atoms with Crippen molar-refractivity contribution in [2.75, 3.05) is 11.9 Å². The van der Waals surface area contributed by atoms with Gasteiger partial charge in [0.05, 0.1) is 16.9 Å². The van der Waals surface area contributed by atoms with Gasteiger partial charge in [0.1, 0.15) is 4.47 Å². The van der Waals surface area contributed by atoms with Crippen LogP contribution >= 0.6 is 27.3 Å². The van der Waals surface area contributed by atoms with E-state index in [4.69, 9.17) is 0 Å². The number of anilines is 1. The van der Waals surface area contributed by atoms with Gasteiger partial charge in [-0.25, -0.2) is 9.67 Å². The first-order chi connectivity index (χ1) is 9.99. The molecule has 0 aliphatic rings. The predicted molar refractivity (Wildman–Crippen MR) is 90.1 cm³/mol. The van der Waals surface area contributed by atoms with Gasteiger partial charge in [-0.2, -0.15) is 5.10 Å². The zero-order valence-electron chi connectivity index (χ0n) is 12.3. The maximum atomic E-state index is 12.2. The Morgan fingerprint density at radius 3 is 2.81 bits per heavy atom. The summed E-state index contributed by atoms with van der Waals surface area (Å²) in [4.78, 5) is 16.5. The van der Waals surface area contributed by atoms with E-state index in [2.05, 4.69) is 52.1 Å². The van der Waals surface area contributed by atoms with Crippen LogP contribution in [0, 0.1) is 5.92 Å². The van der Waals surface area contributed by atoms with E-state index in [1.54, 1.807) is 23.7 Å². The molecule has 1 unspecified atom stereocenters. The van der Waals surface area contributed by atoms with Crippen molar-refractivity contribution in [3.8, 4) is 0 Å². The molecule has 5 nitrogen and oxygen atoms in total. The predicted octanol–water partition coefficient (Wildman–Crippen LogP) is 3.33. The molecule has 0 radical (unpaired) electrons. The lowest BCUT2D eigenvalue weighted by Gasteiger charge is -2.14. The highest BCUT2D eigenvalue weighted by molar-refractivity contribution is 9.10. The number of aromatic nitrogens is 3. The molecule has 2 rings (SSSR count). The molecule has 114 valence electrons. The molecular formula is C14H19BrN4OS. The molecule has 0 bridgehead atoms. The van der Waals surface area contributed by atoms with Gasteiger partial charge >= 0.3 is 0 Å². The third-order valence-corrected chi connectivity index (χ3v) is 4.77. The molecule has 1 atom stereocenters. The largest absolute Gasteiger partial charge is 0.382 e. The summed E-state index contributed by atoms with van der Waals surface area (Å²) in [6.45, 7) is 7.55. The molecule has 2 aromatic rings. The Hall–Kier alpha value is -1.21. The summed E-state index contributed by atoms with van der Waals surface area (Å²) in [7, 11) is 0. The second-order valence-corrected chi connectivity index (χ2v) is 7.12. The first-order valence-corrected chi connectivity index (χ1v) is 8.55. The minimum Gasteiger partial charge on any atom is -0.382 e. The highest BCUT2D eigenvalue weighted by Crippen LogP contribution is 2.21. The number of thiazole rings is 1. The van der Waals surface area contributed by atoms with Gasteiger partial charge in [-0.15, -0.1) is 11.3 Å². The highest BCUT2D eigenvalue weighted by Gasteiger charge is 2.12. The lowest BCUT2D eigenvalue weighted by Crippen LogP contribution is -2.26. The van der Waals surface area contributed by atoms with Crippen LogP contribution in [0.1, 0.15) is 31.7 Å². The molecule has 7 heteroatoms. The van der Waals surface area contributed by atoms with Gasteiger partial charge in [0.15, 0.2) is 0 Å². The Morgan fingerprint density at radius 2 is 2.19 bits per heavy atom. The number of nitrogens with zero attached hydrogens (tertiary/aromatic N) is 3. The minimum atomic E-state index is -0.101. The van der Waals surface area contributed by atoms with E-state index in [0.717, 1.165) is 10.7 Å². The van der Waals surface area contributed by atoms with Gasteiger partial charge in [-0.3, -0.25) is 4.79 Å². The van der Waals surface area contributed by atoms with Gasteiger partial charge in [0.25, 0.3) is 5.56 Å². The van der Waals surface area contributed by atoms with Crippen LogP contribution in [0.4, 0.5) is 5.69 Å². The quantitative estimate of drug-likeness (QED) is 0.846. The first kappa shape index (κ1) is 16.2. The van der Waals surface area contributed by atoms with Crippen molar-refractivity contribution in [1.29, 1.82) is 0 Å². The Kier molecular flexibility index (Phi) is 5.52. The molecule has 0 spiro atoms. The fourth-order valence-corrected chi connectivity index (χ4v) is 3.04. The van der Waals surface area contributed by atoms with Gasteiger partial charge < -0.3 is 5.32 Å². The summed E-state index contributed by atoms with van der Waals surface area (Å²) in [5.74, 6) is 0.667. The van der Waals surface area contributed by atoms with E-state index in [1.807, 2.05) is 5.38 Å². The molecular weight excluding hydrogens is 352 g/mol. The van der Waals surface area contributed by atoms with Crippen LogP contribution in [0.2, 0.25) is 0 Å². The van der Waals surface area contributed by atoms with E-state index in [1.165, 1.54) is 4.68 Å². The molecule has 21 heavy (non-hydrogen) atoms. The van der Waals surface area contributed by atoms with Gasteiger partial charge in [-0.1, -0.05) is 20.8 Å². The average Bonchev–Trinajstić information content (AvgIpc) is 2.96. The molecule has 0 aliphatic heterocycles. The van der Waals surface area contributed by atoms with Crippen LogP contribution in [0.5, 0.6) is 0 Å². The van der Waals surface area contributed by atoms with Crippen LogP contribution in [-0.2, 0) is 6.54 Å². The lowest BCUT2D eigenvalue weighted by atomic mass is 10.2.